The zero-order chi connectivity index (χ0) is 14.1. The Labute approximate surface area is 127 Å². The van der Waals surface area contributed by atoms with Crippen LogP contribution in [0.5, 0.6) is 0 Å². The Bertz CT molecular complexity index is 609. The highest BCUT2D eigenvalue weighted by atomic mass is 79.9. The Balaban J connectivity index is 1.84. The monoisotopic (exact) mass is 335 g/mol. The Kier molecular flexibility index (Phi) is 3.76. The quantitative estimate of drug-likeness (QED) is 0.935. The number of fused-ring (bicyclic) bond motifs is 1. The fraction of sp³-hybridized carbons (Fsp3) is 0.429. The van der Waals surface area contributed by atoms with E-state index in [1.807, 2.05) is 7.05 Å². The van der Waals surface area contributed by atoms with Gasteiger partial charge in [0.2, 0.25) is 0 Å². The van der Waals surface area contributed by atoms with Gasteiger partial charge in [0.05, 0.1) is 6.54 Å². The maximum absolute atomic E-state index is 4.16. The van der Waals surface area contributed by atoms with Crippen LogP contribution in [0.15, 0.2) is 29.0 Å². The van der Waals surface area contributed by atoms with E-state index < -0.39 is 0 Å². The molecule has 1 aliphatic rings. The molecule has 5 nitrogen and oxygen atoms in total. The molecule has 6 heteroatoms. The molecule has 1 aliphatic heterocycles. The minimum atomic E-state index is 0.336. The number of hydrogen-bond acceptors (Lipinski definition) is 4. The minimum absolute atomic E-state index is 0.336. The molecular weight excluding hydrogens is 318 g/mol. The molecule has 106 valence electrons. The molecule has 0 saturated heterocycles. The Hall–Kier alpha value is -1.40. The summed E-state index contributed by atoms with van der Waals surface area (Å²) in [5.41, 5.74) is 2.50. The van der Waals surface area contributed by atoms with Crippen molar-refractivity contribution in [1.29, 1.82) is 0 Å². The van der Waals surface area contributed by atoms with Crippen LogP contribution in [0.1, 0.15) is 24.4 Å². The van der Waals surface area contributed by atoms with E-state index in [1.54, 1.807) is 6.33 Å². The molecule has 1 aromatic carbocycles. The lowest BCUT2D eigenvalue weighted by molar-refractivity contribution is 0.560. The van der Waals surface area contributed by atoms with E-state index in [1.165, 1.54) is 11.3 Å². The van der Waals surface area contributed by atoms with Crippen molar-refractivity contribution >= 4 is 21.6 Å². The predicted octanol–water partition coefficient (Wildman–Crippen LogP) is 2.34. The van der Waals surface area contributed by atoms with Gasteiger partial charge in [-0.05, 0) is 31.7 Å². The number of nitrogens with zero attached hydrogens (tertiary/aromatic N) is 4. The molecule has 1 N–H and O–H groups in total. The van der Waals surface area contributed by atoms with Gasteiger partial charge in [0.25, 0.3) is 0 Å². The lowest BCUT2D eigenvalue weighted by Crippen LogP contribution is -2.33. The smallest absolute Gasteiger partial charge is 0.152 e. The topological polar surface area (TPSA) is 46.0 Å². The van der Waals surface area contributed by atoms with Gasteiger partial charge in [-0.25, -0.2) is 0 Å². The average molecular weight is 336 g/mol. The molecule has 0 radical (unpaired) electrons. The molecule has 0 aliphatic carbocycles. The molecule has 0 bridgehead atoms. The van der Waals surface area contributed by atoms with Crippen molar-refractivity contribution < 1.29 is 0 Å². The van der Waals surface area contributed by atoms with Crippen LogP contribution < -0.4 is 10.2 Å². The highest BCUT2D eigenvalue weighted by Crippen LogP contribution is 2.29. The van der Waals surface area contributed by atoms with Crippen LogP contribution in [0.4, 0.5) is 5.69 Å². The normalized spacial score (nSPS) is 16.1. The Morgan fingerprint density at radius 2 is 2.20 bits per heavy atom. The second-order valence-corrected chi connectivity index (χ2v) is 5.93. The zero-order valence-corrected chi connectivity index (χ0v) is 13.3. The third-order valence-corrected chi connectivity index (χ3v) is 4.57. The fourth-order valence-corrected chi connectivity index (χ4v) is 3.22. The van der Waals surface area contributed by atoms with E-state index in [9.17, 15) is 0 Å². The second kappa shape index (κ2) is 5.54. The van der Waals surface area contributed by atoms with Crippen molar-refractivity contribution in [2.75, 3.05) is 18.5 Å². The van der Waals surface area contributed by atoms with E-state index in [4.69, 9.17) is 0 Å². The third-order valence-electron chi connectivity index (χ3n) is 3.89. The number of benzene rings is 1. The minimum Gasteiger partial charge on any atom is -0.362 e. The molecule has 2 heterocycles. The van der Waals surface area contributed by atoms with E-state index in [-0.39, 0.29) is 0 Å². The molecule has 0 spiro atoms. The van der Waals surface area contributed by atoms with Crippen LogP contribution in [-0.2, 0) is 13.1 Å². The summed E-state index contributed by atoms with van der Waals surface area (Å²) in [7, 11) is 1.97. The van der Waals surface area contributed by atoms with Crippen LogP contribution in [-0.4, -0.2) is 28.4 Å². The summed E-state index contributed by atoms with van der Waals surface area (Å²) in [5.74, 6) is 1.03. The predicted molar refractivity (Wildman–Crippen MR) is 82.7 cm³/mol. The van der Waals surface area contributed by atoms with Gasteiger partial charge in [-0.15, -0.1) is 10.2 Å². The SMILES string of the molecule is CNC(C)c1ccc(N2CCn3cnnc3C2)cc1Br. The number of halogens is 1. The number of aromatic nitrogens is 3. The Morgan fingerprint density at radius 1 is 1.35 bits per heavy atom. The first-order valence-electron chi connectivity index (χ1n) is 6.77. The molecule has 1 aromatic heterocycles. The number of anilines is 1. The summed E-state index contributed by atoms with van der Waals surface area (Å²) < 4.78 is 3.26. The molecule has 2 aromatic rings. The highest BCUT2D eigenvalue weighted by Gasteiger charge is 2.18. The largest absolute Gasteiger partial charge is 0.362 e. The summed E-state index contributed by atoms with van der Waals surface area (Å²) in [6, 6.07) is 6.89. The molecule has 3 rings (SSSR count). The first-order valence-corrected chi connectivity index (χ1v) is 7.56. The average Bonchev–Trinajstić information content (AvgIpc) is 2.93. The molecule has 1 atom stereocenters. The van der Waals surface area contributed by atoms with Gasteiger partial charge in [0.15, 0.2) is 5.82 Å². The highest BCUT2D eigenvalue weighted by molar-refractivity contribution is 9.10. The zero-order valence-electron chi connectivity index (χ0n) is 11.7. The summed E-state index contributed by atoms with van der Waals surface area (Å²) in [6.07, 6.45) is 1.81. The van der Waals surface area contributed by atoms with Crippen molar-refractivity contribution in [3.05, 3.63) is 40.4 Å². The molecule has 0 fully saturated rings. The van der Waals surface area contributed by atoms with Crippen molar-refractivity contribution in [2.45, 2.75) is 26.1 Å². The summed E-state index contributed by atoms with van der Waals surface area (Å²) >= 11 is 3.68. The lowest BCUT2D eigenvalue weighted by Gasteiger charge is -2.29. The van der Waals surface area contributed by atoms with Gasteiger partial charge in [0, 0.05) is 29.3 Å². The maximum atomic E-state index is 4.16. The molecule has 0 amide bonds. The summed E-state index contributed by atoms with van der Waals surface area (Å²) in [5, 5.41) is 11.4. The number of rotatable bonds is 3. The standard InChI is InChI=1S/C14H18BrN5/c1-10(16-2)12-4-3-11(7-13(12)15)19-5-6-20-9-17-18-14(20)8-19/h3-4,7,9-10,16H,5-6,8H2,1-2H3. The van der Waals surface area contributed by atoms with Crippen LogP contribution in [0, 0.1) is 0 Å². The third kappa shape index (κ3) is 2.45. The fourth-order valence-electron chi connectivity index (χ4n) is 2.51. The lowest BCUT2D eigenvalue weighted by atomic mass is 10.1. The summed E-state index contributed by atoms with van der Waals surface area (Å²) in [4.78, 5) is 2.34. The number of nitrogens with one attached hydrogen (secondary N) is 1. The van der Waals surface area contributed by atoms with E-state index in [0.717, 1.165) is 29.9 Å². The van der Waals surface area contributed by atoms with Crippen LogP contribution in [0.25, 0.3) is 0 Å². The molecule has 1 unspecified atom stereocenters. The summed E-state index contributed by atoms with van der Waals surface area (Å²) in [6.45, 7) is 4.89. The first kappa shape index (κ1) is 13.6. The van der Waals surface area contributed by atoms with Crippen molar-refractivity contribution in [3.8, 4) is 0 Å². The van der Waals surface area contributed by atoms with Gasteiger partial charge >= 0.3 is 0 Å². The van der Waals surface area contributed by atoms with Crippen molar-refractivity contribution in [3.63, 3.8) is 0 Å². The van der Waals surface area contributed by atoms with Crippen LogP contribution >= 0.6 is 15.9 Å². The van der Waals surface area contributed by atoms with Crippen LogP contribution in [0.3, 0.4) is 0 Å². The molecular formula is C14H18BrN5. The number of hydrogen-bond donors (Lipinski definition) is 1. The second-order valence-electron chi connectivity index (χ2n) is 5.08. The van der Waals surface area contributed by atoms with Gasteiger partial charge in [-0.1, -0.05) is 22.0 Å². The first-order chi connectivity index (χ1) is 9.69. The maximum Gasteiger partial charge on any atom is 0.152 e. The van der Waals surface area contributed by atoms with Crippen molar-refractivity contribution in [2.24, 2.45) is 0 Å². The van der Waals surface area contributed by atoms with Gasteiger partial charge < -0.3 is 14.8 Å². The van der Waals surface area contributed by atoms with Gasteiger partial charge in [-0.2, -0.15) is 0 Å². The van der Waals surface area contributed by atoms with Crippen LogP contribution in [0.2, 0.25) is 0 Å². The Morgan fingerprint density at radius 3 is 2.95 bits per heavy atom. The molecule has 0 saturated carbocycles. The van der Waals surface area contributed by atoms with E-state index in [2.05, 4.69) is 66.0 Å². The molecule has 20 heavy (non-hydrogen) atoms. The van der Waals surface area contributed by atoms with Gasteiger partial charge in [-0.3, -0.25) is 0 Å². The van der Waals surface area contributed by atoms with Gasteiger partial charge in [0.1, 0.15) is 6.33 Å². The van der Waals surface area contributed by atoms with E-state index >= 15 is 0 Å². The van der Waals surface area contributed by atoms with E-state index in [0.29, 0.717) is 6.04 Å². The van der Waals surface area contributed by atoms with Crippen molar-refractivity contribution in [1.82, 2.24) is 20.1 Å².